The quantitative estimate of drug-likeness (QED) is 0.367. The summed E-state index contributed by atoms with van der Waals surface area (Å²) in [5.41, 5.74) is 4.54. The predicted molar refractivity (Wildman–Crippen MR) is 123 cm³/mol. The van der Waals surface area contributed by atoms with E-state index in [2.05, 4.69) is 52.4 Å². The van der Waals surface area contributed by atoms with Crippen LogP contribution in [0, 0.1) is 6.92 Å². The van der Waals surface area contributed by atoms with Gasteiger partial charge in [-0.3, -0.25) is 0 Å². The number of methoxy groups -OCH3 is 1. The monoisotopic (exact) mass is 493 g/mol. The molecule has 29 heavy (non-hydrogen) atoms. The zero-order chi connectivity index (χ0) is 20.8. The first kappa shape index (κ1) is 22.0. The third-order valence-electron chi connectivity index (χ3n) is 4.44. The summed E-state index contributed by atoms with van der Waals surface area (Å²) in [5, 5.41) is 4.49. The summed E-state index contributed by atoms with van der Waals surface area (Å²) in [6.07, 6.45) is 0. The minimum absolute atomic E-state index is 0.358. The van der Waals surface area contributed by atoms with Gasteiger partial charge in [0, 0.05) is 13.1 Å². The topological polar surface area (TPSA) is 30.5 Å². The largest absolute Gasteiger partial charge is 0.493 e. The molecule has 0 spiro atoms. The van der Waals surface area contributed by atoms with E-state index in [0.29, 0.717) is 28.2 Å². The summed E-state index contributed by atoms with van der Waals surface area (Å²) < 4.78 is 12.4. The van der Waals surface area contributed by atoms with Crippen LogP contribution in [0.3, 0.4) is 0 Å². The fourth-order valence-corrected chi connectivity index (χ4v) is 3.78. The van der Waals surface area contributed by atoms with Crippen LogP contribution >= 0.6 is 39.1 Å². The number of aryl methyl sites for hydroxylation is 1. The zero-order valence-corrected chi connectivity index (χ0v) is 19.4. The number of hydrogen-bond donors (Lipinski definition) is 1. The van der Waals surface area contributed by atoms with Crippen molar-refractivity contribution in [3.63, 3.8) is 0 Å². The number of benzene rings is 3. The summed E-state index contributed by atoms with van der Waals surface area (Å²) in [5.74, 6) is 1.33. The molecule has 0 amide bonds. The van der Waals surface area contributed by atoms with E-state index in [0.717, 1.165) is 28.7 Å². The van der Waals surface area contributed by atoms with Crippen molar-refractivity contribution < 1.29 is 9.47 Å². The van der Waals surface area contributed by atoms with E-state index in [9.17, 15) is 0 Å². The lowest BCUT2D eigenvalue weighted by molar-refractivity contribution is 0.282. The Morgan fingerprint density at radius 2 is 1.55 bits per heavy atom. The molecule has 0 aliphatic carbocycles. The average molecular weight is 495 g/mol. The van der Waals surface area contributed by atoms with Crippen molar-refractivity contribution in [2.75, 3.05) is 7.11 Å². The van der Waals surface area contributed by atoms with E-state index in [1.165, 1.54) is 11.1 Å². The Hall–Kier alpha value is -1.72. The highest BCUT2D eigenvalue weighted by Gasteiger charge is 2.12. The molecule has 0 fully saturated rings. The van der Waals surface area contributed by atoms with Crippen LogP contribution < -0.4 is 14.8 Å². The van der Waals surface area contributed by atoms with Gasteiger partial charge < -0.3 is 14.8 Å². The lowest BCUT2D eigenvalue weighted by Gasteiger charge is -2.15. The van der Waals surface area contributed by atoms with Gasteiger partial charge in [0.05, 0.1) is 21.6 Å². The highest BCUT2D eigenvalue weighted by molar-refractivity contribution is 9.10. The molecule has 3 aromatic rings. The van der Waals surface area contributed by atoms with Crippen LogP contribution in [0.25, 0.3) is 0 Å². The highest BCUT2D eigenvalue weighted by atomic mass is 79.9. The van der Waals surface area contributed by atoms with Gasteiger partial charge in [0.25, 0.3) is 0 Å². The summed E-state index contributed by atoms with van der Waals surface area (Å²) in [6, 6.07) is 18.0. The second kappa shape index (κ2) is 10.4. The second-order valence-electron chi connectivity index (χ2n) is 6.74. The Morgan fingerprint density at radius 1 is 0.862 bits per heavy atom. The van der Waals surface area contributed by atoms with Gasteiger partial charge in [-0.2, -0.15) is 0 Å². The summed E-state index contributed by atoms with van der Waals surface area (Å²) >= 11 is 15.7. The number of ether oxygens (including phenoxy) is 2. The maximum absolute atomic E-state index is 6.08. The molecular formula is C23H22BrCl2NO2. The molecule has 3 aromatic carbocycles. The van der Waals surface area contributed by atoms with Crippen LogP contribution in [0.2, 0.25) is 10.0 Å². The molecule has 0 saturated carbocycles. The SMILES string of the molecule is COc1cc(CNCc2ccc(C)cc2)cc(Br)c1OCc1ccc(Cl)c(Cl)c1. The molecule has 0 heterocycles. The Bertz CT molecular complexity index is 977. The van der Waals surface area contributed by atoms with Gasteiger partial charge in [0.2, 0.25) is 0 Å². The van der Waals surface area contributed by atoms with E-state index >= 15 is 0 Å². The van der Waals surface area contributed by atoms with Crippen LogP contribution in [-0.2, 0) is 19.7 Å². The van der Waals surface area contributed by atoms with Crippen molar-refractivity contribution in [3.05, 3.63) is 91.4 Å². The smallest absolute Gasteiger partial charge is 0.175 e. The predicted octanol–water partition coefficient (Wildman–Crippen LogP) is 6.94. The van der Waals surface area contributed by atoms with E-state index in [1.54, 1.807) is 19.2 Å². The Balaban J connectivity index is 1.64. The number of halogens is 3. The van der Waals surface area contributed by atoms with Gasteiger partial charge in [-0.25, -0.2) is 0 Å². The maximum atomic E-state index is 6.08. The second-order valence-corrected chi connectivity index (χ2v) is 8.40. The third kappa shape index (κ3) is 6.13. The molecule has 0 aromatic heterocycles. The van der Waals surface area contributed by atoms with Crippen molar-refractivity contribution in [3.8, 4) is 11.5 Å². The molecular weight excluding hydrogens is 473 g/mol. The van der Waals surface area contributed by atoms with E-state index in [4.69, 9.17) is 32.7 Å². The molecule has 0 aliphatic heterocycles. The number of rotatable bonds is 8. The third-order valence-corrected chi connectivity index (χ3v) is 5.76. The molecule has 152 valence electrons. The first-order valence-electron chi connectivity index (χ1n) is 9.15. The fourth-order valence-electron chi connectivity index (χ4n) is 2.86. The van der Waals surface area contributed by atoms with Crippen LogP contribution in [0.4, 0.5) is 0 Å². The van der Waals surface area contributed by atoms with Crippen molar-refractivity contribution in [2.24, 2.45) is 0 Å². The molecule has 3 rings (SSSR count). The lowest BCUT2D eigenvalue weighted by Crippen LogP contribution is -2.13. The molecule has 0 saturated heterocycles. The first-order valence-corrected chi connectivity index (χ1v) is 10.7. The van der Waals surface area contributed by atoms with Crippen molar-refractivity contribution in [1.29, 1.82) is 0 Å². The van der Waals surface area contributed by atoms with E-state index in [-0.39, 0.29) is 0 Å². The number of hydrogen-bond acceptors (Lipinski definition) is 3. The Morgan fingerprint density at radius 3 is 2.24 bits per heavy atom. The van der Waals surface area contributed by atoms with Crippen LogP contribution in [0.15, 0.2) is 59.1 Å². The number of nitrogens with one attached hydrogen (secondary N) is 1. The fraction of sp³-hybridized carbons (Fsp3) is 0.217. The van der Waals surface area contributed by atoms with Crippen molar-refractivity contribution in [1.82, 2.24) is 5.32 Å². The van der Waals surface area contributed by atoms with E-state index in [1.807, 2.05) is 18.2 Å². The molecule has 6 heteroatoms. The van der Waals surface area contributed by atoms with Crippen LogP contribution in [-0.4, -0.2) is 7.11 Å². The van der Waals surface area contributed by atoms with Gasteiger partial charge >= 0.3 is 0 Å². The summed E-state index contributed by atoms with van der Waals surface area (Å²) in [7, 11) is 1.64. The van der Waals surface area contributed by atoms with Gasteiger partial charge in [-0.15, -0.1) is 0 Å². The average Bonchev–Trinajstić information content (AvgIpc) is 2.71. The maximum Gasteiger partial charge on any atom is 0.175 e. The molecule has 0 radical (unpaired) electrons. The highest BCUT2D eigenvalue weighted by Crippen LogP contribution is 2.37. The van der Waals surface area contributed by atoms with Crippen molar-refractivity contribution >= 4 is 39.1 Å². The van der Waals surface area contributed by atoms with Gasteiger partial charge in [0.15, 0.2) is 11.5 Å². The van der Waals surface area contributed by atoms with Crippen LogP contribution in [0.5, 0.6) is 11.5 Å². The summed E-state index contributed by atoms with van der Waals surface area (Å²) in [4.78, 5) is 0. The molecule has 0 bridgehead atoms. The Labute approximate surface area is 190 Å². The van der Waals surface area contributed by atoms with Crippen LogP contribution in [0.1, 0.15) is 22.3 Å². The van der Waals surface area contributed by atoms with Gasteiger partial charge in [0.1, 0.15) is 6.61 Å². The van der Waals surface area contributed by atoms with E-state index < -0.39 is 0 Å². The minimum atomic E-state index is 0.358. The molecule has 1 N–H and O–H groups in total. The van der Waals surface area contributed by atoms with Gasteiger partial charge in [-0.1, -0.05) is 59.1 Å². The Kier molecular flexibility index (Phi) is 7.84. The molecule has 0 unspecified atom stereocenters. The molecule has 0 atom stereocenters. The normalized spacial score (nSPS) is 10.8. The summed E-state index contributed by atoms with van der Waals surface area (Å²) in [6.45, 7) is 3.97. The zero-order valence-electron chi connectivity index (χ0n) is 16.3. The first-order chi connectivity index (χ1) is 14.0. The molecule has 0 aliphatic rings. The van der Waals surface area contributed by atoms with Gasteiger partial charge in [-0.05, 0) is 63.8 Å². The minimum Gasteiger partial charge on any atom is -0.493 e. The lowest BCUT2D eigenvalue weighted by atomic mass is 10.1. The van der Waals surface area contributed by atoms with Crippen molar-refractivity contribution in [2.45, 2.75) is 26.6 Å². The standard InChI is InChI=1S/C23H22BrCl2NO2/c1-15-3-5-16(6-4-15)12-27-13-18-9-19(24)23(22(11-18)28-2)29-14-17-7-8-20(25)21(26)10-17/h3-11,27H,12-14H2,1-2H3. The molecule has 3 nitrogen and oxygen atoms in total.